The van der Waals surface area contributed by atoms with Crippen LogP contribution in [0.15, 0.2) is 29.2 Å². The number of carbonyl (C=O) groups is 3. The number of piperidine rings is 1. The molecule has 6 nitrogen and oxygen atoms in total. The van der Waals surface area contributed by atoms with Gasteiger partial charge in [0.1, 0.15) is 0 Å². The van der Waals surface area contributed by atoms with Gasteiger partial charge in [-0.25, -0.2) is 0 Å². The lowest BCUT2D eigenvalue weighted by Gasteiger charge is -2.37. The zero-order chi connectivity index (χ0) is 19.1. The minimum atomic E-state index is -0.815. The maximum Gasteiger partial charge on any atom is 0.303 e. The van der Waals surface area contributed by atoms with E-state index >= 15 is 0 Å². The van der Waals surface area contributed by atoms with E-state index in [9.17, 15) is 14.4 Å². The van der Waals surface area contributed by atoms with Gasteiger partial charge in [-0.1, -0.05) is 0 Å². The van der Waals surface area contributed by atoms with Gasteiger partial charge in [0, 0.05) is 36.5 Å². The number of carbonyl (C=O) groups excluding carboxylic acids is 2. The average Bonchev–Trinajstić information content (AvgIpc) is 2.60. The molecule has 0 saturated carbocycles. The molecule has 1 aliphatic heterocycles. The van der Waals surface area contributed by atoms with Crippen LogP contribution in [0.25, 0.3) is 0 Å². The third-order valence-corrected chi connectivity index (χ3v) is 5.54. The molecule has 1 aromatic carbocycles. The molecule has 1 fully saturated rings. The molecule has 2 atom stereocenters. The van der Waals surface area contributed by atoms with E-state index in [0.29, 0.717) is 13.0 Å². The van der Waals surface area contributed by atoms with Crippen molar-refractivity contribution >= 4 is 35.2 Å². The lowest BCUT2D eigenvalue weighted by atomic mass is 9.97. The van der Waals surface area contributed by atoms with Crippen LogP contribution in [0.1, 0.15) is 46.0 Å². The van der Waals surface area contributed by atoms with Gasteiger partial charge >= 0.3 is 5.97 Å². The number of aliphatic carboxylic acids is 1. The lowest BCUT2D eigenvalue weighted by molar-refractivity contribution is -0.139. The van der Waals surface area contributed by atoms with E-state index < -0.39 is 5.97 Å². The van der Waals surface area contributed by atoms with Gasteiger partial charge in [0.15, 0.2) is 0 Å². The first-order chi connectivity index (χ1) is 12.4. The summed E-state index contributed by atoms with van der Waals surface area (Å²) in [6.07, 6.45) is 3.50. The van der Waals surface area contributed by atoms with Gasteiger partial charge < -0.3 is 15.3 Å². The molecule has 0 aliphatic carbocycles. The Morgan fingerprint density at radius 1 is 1.27 bits per heavy atom. The molecule has 2 N–H and O–H groups in total. The summed E-state index contributed by atoms with van der Waals surface area (Å²) in [6, 6.07) is 7.43. The van der Waals surface area contributed by atoms with Gasteiger partial charge in [0.2, 0.25) is 11.8 Å². The number of rotatable bonds is 7. The second-order valence-electron chi connectivity index (χ2n) is 6.58. The maximum absolute atomic E-state index is 12.9. The van der Waals surface area contributed by atoms with Gasteiger partial charge in [-0.15, -0.1) is 11.8 Å². The summed E-state index contributed by atoms with van der Waals surface area (Å²) in [6.45, 7) is 4.05. The normalized spacial score (nSPS) is 18.2. The van der Waals surface area contributed by atoms with Crippen molar-refractivity contribution in [1.82, 2.24) is 4.90 Å². The fraction of sp³-hybridized carbons (Fsp3) is 0.526. The largest absolute Gasteiger partial charge is 0.481 e. The summed E-state index contributed by atoms with van der Waals surface area (Å²) in [4.78, 5) is 37.6. The molecule has 142 valence electrons. The molecule has 1 aromatic rings. The van der Waals surface area contributed by atoms with E-state index in [-0.39, 0.29) is 29.5 Å². The smallest absolute Gasteiger partial charge is 0.303 e. The first-order valence-electron chi connectivity index (χ1n) is 8.93. The van der Waals surface area contributed by atoms with Crippen molar-refractivity contribution in [2.24, 2.45) is 0 Å². The third kappa shape index (κ3) is 6.05. The second-order valence-corrected chi connectivity index (χ2v) is 7.99. The van der Waals surface area contributed by atoms with E-state index in [1.54, 1.807) is 0 Å². The molecule has 0 aromatic heterocycles. The van der Waals surface area contributed by atoms with Crippen LogP contribution in [0.2, 0.25) is 0 Å². The molecule has 26 heavy (non-hydrogen) atoms. The Kier molecular flexibility index (Phi) is 7.50. The molecule has 1 saturated heterocycles. The first-order valence-corrected chi connectivity index (χ1v) is 9.81. The molecule has 2 amide bonds. The van der Waals surface area contributed by atoms with Crippen LogP contribution in [-0.4, -0.2) is 45.6 Å². The monoisotopic (exact) mass is 378 g/mol. The van der Waals surface area contributed by atoms with E-state index in [2.05, 4.69) is 5.32 Å². The fourth-order valence-corrected chi connectivity index (χ4v) is 4.13. The highest BCUT2D eigenvalue weighted by molar-refractivity contribution is 8.00. The van der Waals surface area contributed by atoms with Crippen molar-refractivity contribution in [3.05, 3.63) is 24.3 Å². The topological polar surface area (TPSA) is 86.7 Å². The molecule has 2 rings (SSSR count). The van der Waals surface area contributed by atoms with Crippen molar-refractivity contribution < 1.29 is 19.5 Å². The van der Waals surface area contributed by atoms with Crippen LogP contribution in [0, 0.1) is 0 Å². The number of thioether (sulfide) groups is 1. The van der Waals surface area contributed by atoms with E-state index in [4.69, 9.17) is 5.11 Å². The minimum absolute atomic E-state index is 0.0255. The Morgan fingerprint density at radius 2 is 1.96 bits per heavy atom. The molecule has 1 aliphatic rings. The van der Waals surface area contributed by atoms with E-state index in [1.807, 2.05) is 36.1 Å². The molecular weight excluding hydrogens is 352 g/mol. The van der Waals surface area contributed by atoms with E-state index in [0.717, 1.165) is 29.8 Å². The van der Waals surface area contributed by atoms with Gasteiger partial charge in [-0.2, -0.15) is 0 Å². The molecule has 0 bridgehead atoms. The number of benzene rings is 1. The van der Waals surface area contributed by atoms with Crippen LogP contribution in [-0.2, 0) is 14.4 Å². The average molecular weight is 378 g/mol. The number of hydrogen-bond donors (Lipinski definition) is 2. The summed E-state index contributed by atoms with van der Waals surface area (Å²) in [5.74, 6) is -0.868. The summed E-state index contributed by atoms with van der Waals surface area (Å²) < 4.78 is 0. The molecule has 0 radical (unpaired) electrons. The molecule has 7 heteroatoms. The predicted octanol–water partition coefficient (Wildman–Crippen LogP) is 3.37. The van der Waals surface area contributed by atoms with Crippen LogP contribution in [0.4, 0.5) is 5.69 Å². The molecular formula is C19H26N2O4S. The van der Waals surface area contributed by atoms with Crippen LogP contribution < -0.4 is 5.32 Å². The Balaban J connectivity index is 1.96. The number of carboxylic acid groups (broad SMARTS) is 1. The zero-order valence-electron chi connectivity index (χ0n) is 15.2. The number of nitrogens with zero attached hydrogens (tertiary/aromatic N) is 1. The third-order valence-electron chi connectivity index (χ3n) is 4.44. The first kappa shape index (κ1) is 20.3. The Bertz CT molecular complexity index is 647. The number of likely N-dealkylation sites (tertiary alicyclic amines) is 1. The summed E-state index contributed by atoms with van der Waals surface area (Å²) in [7, 11) is 0. The highest BCUT2D eigenvalue weighted by atomic mass is 32.2. The van der Waals surface area contributed by atoms with Crippen LogP contribution in [0.5, 0.6) is 0 Å². The fourth-order valence-electron chi connectivity index (χ4n) is 3.19. The molecule has 2 unspecified atom stereocenters. The van der Waals surface area contributed by atoms with Crippen molar-refractivity contribution in [2.45, 2.75) is 62.1 Å². The summed E-state index contributed by atoms with van der Waals surface area (Å²) in [5, 5.41) is 11.4. The maximum atomic E-state index is 12.9. The summed E-state index contributed by atoms with van der Waals surface area (Å²) in [5.41, 5.74) is 0.727. The van der Waals surface area contributed by atoms with Gasteiger partial charge in [0.05, 0.1) is 5.25 Å². The lowest BCUT2D eigenvalue weighted by Crippen LogP contribution is -2.47. The van der Waals surface area contributed by atoms with Gasteiger partial charge in [0.25, 0.3) is 0 Å². The Labute approximate surface area is 158 Å². The number of carboxylic acids is 1. The standard InChI is InChI=1S/C19H26N2O4S/c1-13(26-17-9-6-15(7-10-17)20-14(2)22)19(25)21-12-4-3-5-16(21)8-11-18(23)24/h6-7,9-10,13,16H,3-5,8,11-12H2,1-2H3,(H,20,22)(H,23,24). The van der Waals surface area contributed by atoms with Crippen LogP contribution >= 0.6 is 11.8 Å². The summed E-state index contributed by atoms with van der Waals surface area (Å²) >= 11 is 1.48. The quantitative estimate of drug-likeness (QED) is 0.711. The highest BCUT2D eigenvalue weighted by Gasteiger charge is 2.30. The minimum Gasteiger partial charge on any atom is -0.481 e. The second kappa shape index (κ2) is 9.62. The Hall–Kier alpha value is -2.02. The zero-order valence-corrected chi connectivity index (χ0v) is 16.1. The molecule has 0 spiro atoms. The van der Waals surface area contributed by atoms with Crippen LogP contribution in [0.3, 0.4) is 0 Å². The predicted molar refractivity (Wildman–Crippen MR) is 102 cm³/mol. The number of amides is 2. The van der Waals surface area contributed by atoms with E-state index in [1.165, 1.54) is 18.7 Å². The van der Waals surface area contributed by atoms with Crippen molar-refractivity contribution in [1.29, 1.82) is 0 Å². The number of anilines is 1. The van der Waals surface area contributed by atoms with Crippen molar-refractivity contribution in [3.63, 3.8) is 0 Å². The molecule has 1 heterocycles. The SMILES string of the molecule is CC(=O)Nc1ccc(SC(C)C(=O)N2CCCCC2CCC(=O)O)cc1. The van der Waals surface area contributed by atoms with Crippen molar-refractivity contribution in [3.8, 4) is 0 Å². The number of nitrogens with one attached hydrogen (secondary N) is 1. The Morgan fingerprint density at radius 3 is 2.58 bits per heavy atom. The van der Waals surface area contributed by atoms with Gasteiger partial charge in [-0.3, -0.25) is 14.4 Å². The van der Waals surface area contributed by atoms with Crippen molar-refractivity contribution in [2.75, 3.05) is 11.9 Å². The number of hydrogen-bond acceptors (Lipinski definition) is 4. The highest BCUT2D eigenvalue weighted by Crippen LogP contribution is 2.29. The van der Waals surface area contributed by atoms with Gasteiger partial charge in [-0.05, 0) is 56.9 Å².